The zero-order valence-corrected chi connectivity index (χ0v) is 11.2. The number of aryl methyl sites for hydroxylation is 3. The Morgan fingerprint density at radius 3 is 3.05 bits per heavy atom. The molecule has 1 aliphatic rings. The van der Waals surface area contributed by atoms with Gasteiger partial charge in [-0.2, -0.15) is 5.10 Å². The second-order valence-electron chi connectivity index (χ2n) is 4.99. The SMILES string of the molecule is Cc1cc(C(=O)NCc2n[nH]c3c2CCC3)c(C)o1. The third kappa shape index (κ3) is 2.16. The third-order valence-electron chi connectivity index (χ3n) is 3.59. The Balaban J connectivity index is 1.69. The average molecular weight is 259 g/mol. The van der Waals surface area contributed by atoms with Crippen LogP contribution < -0.4 is 5.32 Å². The number of aromatic amines is 1. The largest absolute Gasteiger partial charge is 0.466 e. The quantitative estimate of drug-likeness (QED) is 0.886. The van der Waals surface area contributed by atoms with Gasteiger partial charge in [0.2, 0.25) is 0 Å². The second-order valence-corrected chi connectivity index (χ2v) is 4.99. The first kappa shape index (κ1) is 12.0. The van der Waals surface area contributed by atoms with Gasteiger partial charge in [0.25, 0.3) is 5.91 Å². The van der Waals surface area contributed by atoms with Gasteiger partial charge in [-0.1, -0.05) is 0 Å². The van der Waals surface area contributed by atoms with Crippen molar-refractivity contribution in [3.63, 3.8) is 0 Å². The molecule has 3 rings (SSSR count). The van der Waals surface area contributed by atoms with Crippen molar-refractivity contribution in [3.8, 4) is 0 Å². The molecule has 0 radical (unpaired) electrons. The predicted molar refractivity (Wildman–Crippen MR) is 70.0 cm³/mol. The van der Waals surface area contributed by atoms with Gasteiger partial charge in [0.1, 0.15) is 11.5 Å². The van der Waals surface area contributed by atoms with Gasteiger partial charge in [-0.05, 0) is 44.7 Å². The minimum absolute atomic E-state index is 0.107. The molecule has 0 spiro atoms. The van der Waals surface area contributed by atoms with Crippen LogP contribution in [0.15, 0.2) is 10.5 Å². The summed E-state index contributed by atoms with van der Waals surface area (Å²) in [4.78, 5) is 12.1. The molecule has 2 aromatic heterocycles. The van der Waals surface area contributed by atoms with Crippen LogP contribution in [-0.4, -0.2) is 16.1 Å². The molecule has 2 aromatic rings. The number of nitrogens with one attached hydrogen (secondary N) is 2. The van der Waals surface area contributed by atoms with Crippen molar-refractivity contribution >= 4 is 5.91 Å². The normalized spacial score (nSPS) is 13.6. The van der Waals surface area contributed by atoms with Crippen molar-refractivity contribution in [3.05, 3.63) is 40.1 Å². The van der Waals surface area contributed by atoms with Crippen molar-refractivity contribution in [2.24, 2.45) is 0 Å². The van der Waals surface area contributed by atoms with E-state index >= 15 is 0 Å². The fourth-order valence-electron chi connectivity index (χ4n) is 2.65. The second kappa shape index (κ2) is 4.57. The summed E-state index contributed by atoms with van der Waals surface area (Å²) in [5.41, 5.74) is 4.06. The summed E-state index contributed by atoms with van der Waals surface area (Å²) < 4.78 is 5.36. The first-order valence-corrected chi connectivity index (χ1v) is 6.55. The smallest absolute Gasteiger partial charge is 0.255 e. The van der Waals surface area contributed by atoms with Crippen LogP contribution in [0.4, 0.5) is 0 Å². The summed E-state index contributed by atoms with van der Waals surface area (Å²) in [7, 11) is 0. The molecule has 2 heterocycles. The molecule has 5 heteroatoms. The molecule has 2 N–H and O–H groups in total. The monoisotopic (exact) mass is 259 g/mol. The van der Waals surface area contributed by atoms with E-state index in [0.29, 0.717) is 17.9 Å². The van der Waals surface area contributed by atoms with Gasteiger partial charge in [0, 0.05) is 5.69 Å². The number of carbonyl (C=O) groups is 1. The van der Waals surface area contributed by atoms with Gasteiger partial charge in [-0.25, -0.2) is 0 Å². The molecule has 0 unspecified atom stereocenters. The number of aromatic nitrogens is 2. The van der Waals surface area contributed by atoms with E-state index in [1.165, 1.54) is 17.7 Å². The Hall–Kier alpha value is -2.04. The number of carbonyl (C=O) groups excluding carboxylic acids is 1. The van der Waals surface area contributed by atoms with E-state index in [2.05, 4.69) is 15.5 Å². The first-order valence-electron chi connectivity index (χ1n) is 6.55. The molecule has 1 aliphatic carbocycles. The Kier molecular flexibility index (Phi) is 2.89. The van der Waals surface area contributed by atoms with Gasteiger partial charge in [-0.15, -0.1) is 0 Å². The number of H-pyrrole nitrogens is 1. The van der Waals surface area contributed by atoms with Gasteiger partial charge in [0.15, 0.2) is 0 Å². The number of nitrogens with zero attached hydrogens (tertiary/aromatic N) is 1. The van der Waals surface area contributed by atoms with Gasteiger partial charge >= 0.3 is 0 Å². The van der Waals surface area contributed by atoms with E-state index in [4.69, 9.17) is 4.42 Å². The van der Waals surface area contributed by atoms with Crippen LogP contribution in [0.5, 0.6) is 0 Å². The lowest BCUT2D eigenvalue weighted by atomic mass is 10.2. The summed E-state index contributed by atoms with van der Waals surface area (Å²) in [5.74, 6) is 1.30. The standard InChI is InChI=1S/C14H17N3O2/c1-8-6-11(9(2)19-8)14(18)15-7-13-10-4-3-5-12(10)16-17-13/h6H,3-5,7H2,1-2H3,(H,15,18)(H,16,17). The van der Waals surface area contributed by atoms with E-state index in [1.54, 1.807) is 13.0 Å². The van der Waals surface area contributed by atoms with Crippen LogP contribution in [0.1, 0.15) is 45.3 Å². The molecule has 0 saturated heterocycles. The van der Waals surface area contributed by atoms with Crippen LogP contribution in [0.25, 0.3) is 0 Å². The summed E-state index contributed by atoms with van der Waals surface area (Å²) in [6, 6.07) is 1.76. The topological polar surface area (TPSA) is 70.9 Å². The lowest BCUT2D eigenvalue weighted by molar-refractivity contribution is 0.0949. The molecule has 0 bridgehead atoms. The number of hydrogen-bond donors (Lipinski definition) is 2. The molecular weight excluding hydrogens is 242 g/mol. The maximum Gasteiger partial charge on any atom is 0.255 e. The van der Waals surface area contributed by atoms with Crippen molar-refractivity contribution in [2.45, 2.75) is 39.7 Å². The highest BCUT2D eigenvalue weighted by atomic mass is 16.3. The van der Waals surface area contributed by atoms with E-state index in [-0.39, 0.29) is 5.91 Å². The maximum absolute atomic E-state index is 12.1. The Morgan fingerprint density at radius 1 is 1.47 bits per heavy atom. The highest BCUT2D eigenvalue weighted by molar-refractivity contribution is 5.95. The minimum Gasteiger partial charge on any atom is -0.466 e. The Bertz CT molecular complexity index is 625. The summed E-state index contributed by atoms with van der Waals surface area (Å²) in [6.45, 7) is 4.10. The van der Waals surface area contributed by atoms with Crippen LogP contribution >= 0.6 is 0 Å². The van der Waals surface area contributed by atoms with Crippen LogP contribution in [-0.2, 0) is 19.4 Å². The summed E-state index contributed by atoms with van der Waals surface area (Å²) in [6.07, 6.45) is 3.29. The molecule has 0 atom stereocenters. The number of hydrogen-bond acceptors (Lipinski definition) is 3. The van der Waals surface area contributed by atoms with Gasteiger partial charge < -0.3 is 9.73 Å². The van der Waals surface area contributed by atoms with Crippen molar-refractivity contribution < 1.29 is 9.21 Å². The molecule has 0 aliphatic heterocycles. The van der Waals surface area contributed by atoms with Gasteiger partial charge in [-0.3, -0.25) is 9.89 Å². The van der Waals surface area contributed by atoms with Crippen molar-refractivity contribution in [2.75, 3.05) is 0 Å². The zero-order valence-electron chi connectivity index (χ0n) is 11.2. The van der Waals surface area contributed by atoms with Gasteiger partial charge in [0.05, 0.1) is 17.8 Å². The molecule has 5 nitrogen and oxygen atoms in total. The summed E-state index contributed by atoms with van der Waals surface area (Å²) >= 11 is 0. The van der Waals surface area contributed by atoms with Crippen LogP contribution in [0, 0.1) is 13.8 Å². The van der Waals surface area contributed by atoms with E-state index in [0.717, 1.165) is 24.3 Å². The van der Waals surface area contributed by atoms with Crippen LogP contribution in [0.2, 0.25) is 0 Å². The molecule has 0 aromatic carbocycles. The number of amides is 1. The van der Waals surface area contributed by atoms with E-state index in [1.807, 2.05) is 6.92 Å². The number of furan rings is 1. The molecule has 1 amide bonds. The first-order chi connectivity index (χ1) is 9.15. The van der Waals surface area contributed by atoms with Crippen LogP contribution in [0.3, 0.4) is 0 Å². The molecule has 0 fully saturated rings. The predicted octanol–water partition coefficient (Wildman–Crippen LogP) is 2.04. The minimum atomic E-state index is -0.107. The zero-order chi connectivity index (χ0) is 13.4. The Labute approximate surface area is 111 Å². The third-order valence-corrected chi connectivity index (χ3v) is 3.59. The molecule has 19 heavy (non-hydrogen) atoms. The number of fused-ring (bicyclic) bond motifs is 1. The lowest BCUT2D eigenvalue weighted by Crippen LogP contribution is -2.23. The van der Waals surface area contributed by atoms with Crippen molar-refractivity contribution in [1.29, 1.82) is 0 Å². The van der Waals surface area contributed by atoms with E-state index in [9.17, 15) is 4.79 Å². The average Bonchev–Trinajstić information content (AvgIpc) is 3.02. The number of rotatable bonds is 3. The fourth-order valence-corrected chi connectivity index (χ4v) is 2.65. The summed E-state index contributed by atoms with van der Waals surface area (Å²) in [5, 5.41) is 10.2. The van der Waals surface area contributed by atoms with Crippen molar-refractivity contribution in [1.82, 2.24) is 15.5 Å². The fraction of sp³-hybridized carbons (Fsp3) is 0.429. The Morgan fingerprint density at radius 2 is 2.32 bits per heavy atom. The maximum atomic E-state index is 12.1. The lowest BCUT2D eigenvalue weighted by Gasteiger charge is -2.03. The molecule has 100 valence electrons. The molecule has 0 saturated carbocycles. The molecular formula is C14H17N3O2. The van der Waals surface area contributed by atoms with E-state index < -0.39 is 0 Å². The highest BCUT2D eigenvalue weighted by Gasteiger charge is 2.19. The highest BCUT2D eigenvalue weighted by Crippen LogP contribution is 2.22.